The largest absolute Gasteiger partial charge is 0.496 e. The number of imide groups is 1. The summed E-state index contributed by atoms with van der Waals surface area (Å²) in [7, 11) is 4.35. The van der Waals surface area contributed by atoms with E-state index in [9.17, 15) is 9.59 Å². The van der Waals surface area contributed by atoms with E-state index in [0.29, 0.717) is 11.5 Å². The third-order valence-corrected chi connectivity index (χ3v) is 2.61. The van der Waals surface area contributed by atoms with Gasteiger partial charge in [0, 0.05) is 7.05 Å². The maximum absolute atomic E-state index is 11.8. The van der Waals surface area contributed by atoms with Crippen molar-refractivity contribution >= 4 is 11.8 Å². The Balaban J connectivity index is 2.74. The Labute approximate surface area is 92.6 Å². The van der Waals surface area contributed by atoms with Crippen LogP contribution in [0, 0.1) is 0 Å². The van der Waals surface area contributed by atoms with Crippen LogP contribution in [-0.2, 0) is 0 Å². The molecule has 0 fully saturated rings. The molecule has 0 N–H and O–H groups in total. The van der Waals surface area contributed by atoms with Crippen LogP contribution in [0.5, 0.6) is 11.5 Å². The van der Waals surface area contributed by atoms with Gasteiger partial charge in [-0.25, -0.2) is 0 Å². The number of rotatable bonds is 2. The zero-order valence-electron chi connectivity index (χ0n) is 9.23. The van der Waals surface area contributed by atoms with Gasteiger partial charge in [-0.05, 0) is 12.1 Å². The highest BCUT2D eigenvalue weighted by Gasteiger charge is 2.38. The fraction of sp³-hybridized carbons (Fsp3) is 0.273. The summed E-state index contributed by atoms with van der Waals surface area (Å²) in [6.07, 6.45) is 0. The number of nitrogens with zero attached hydrogens (tertiary/aromatic N) is 1. The topological polar surface area (TPSA) is 55.8 Å². The van der Waals surface area contributed by atoms with Gasteiger partial charge in [-0.2, -0.15) is 0 Å². The van der Waals surface area contributed by atoms with Crippen LogP contribution in [0.15, 0.2) is 12.1 Å². The zero-order valence-corrected chi connectivity index (χ0v) is 9.23. The number of carbonyl (C=O) groups is 2. The highest BCUT2D eigenvalue weighted by atomic mass is 16.5. The monoisotopic (exact) mass is 221 g/mol. The minimum absolute atomic E-state index is 0.273. The van der Waals surface area contributed by atoms with Crippen LogP contribution < -0.4 is 9.47 Å². The molecule has 1 aliphatic heterocycles. The van der Waals surface area contributed by atoms with E-state index in [1.165, 1.54) is 21.3 Å². The average molecular weight is 221 g/mol. The molecule has 1 heterocycles. The lowest BCUT2D eigenvalue weighted by Crippen LogP contribution is -2.24. The van der Waals surface area contributed by atoms with Gasteiger partial charge < -0.3 is 9.47 Å². The van der Waals surface area contributed by atoms with Crippen molar-refractivity contribution in [2.75, 3.05) is 21.3 Å². The second-order valence-corrected chi connectivity index (χ2v) is 3.39. The van der Waals surface area contributed by atoms with Crippen molar-refractivity contribution in [3.63, 3.8) is 0 Å². The van der Waals surface area contributed by atoms with Gasteiger partial charge in [-0.3, -0.25) is 14.5 Å². The zero-order chi connectivity index (χ0) is 11.9. The summed E-state index contributed by atoms with van der Waals surface area (Å²) in [5.74, 6) is 0.0449. The van der Waals surface area contributed by atoms with E-state index in [1.807, 2.05) is 0 Å². The lowest BCUT2D eigenvalue weighted by molar-refractivity contribution is 0.0691. The van der Waals surface area contributed by atoms with E-state index >= 15 is 0 Å². The van der Waals surface area contributed by atoms with Gasteiger partial charge in [0.15, 0.2) is 0 Å². The van der Waals surface area contributed by atoms with Crippen LogP contribution in [0.25, 0.3) is 0 Å². The highest BCUT2D eigenvalue weighted by molar-refractivity contribution is 6.23. The number of hydrogen-bond acceptors (Lipinski definition) is 4. The second-order valence-electron chi connectivity index (χ2n) is 3.39. The Hall–Kier alpha value is -2.04. The van der Waals surface area contributed by atoms with Crippen molar-refractivity contribution in [2.45, 2.75) is 0 Å². The fourth-order valence-electron chi connectivity index (χ4n) is 1.76. The van der Waals surface area contributed by atoms with Crippen LogP contribution in [0.4, 0.5) is 0 Å². The fourth-order valence-corrected chi connectivity index (χ4v) is 1.76. The molecule has 1 aromatic carbocycles. The summed E-state index contributed by atoms with van der Waals surface area (Å²) in [5, 5.41) is 0. The van der Waals surface area contributed by atoms with Gasteiger partial charge in [0.25, 0.3) is 11.8 Å². The Morgan fingerprint density at radius 2 is 1.31 bits per heavy atom. The van der Waals surface area contributed by atoms with Gasteiger partial charge in [0.2, 0.25) is 0 Å². The van der Waals surface area contributed by atoms with E-state index in [0.717, 1.165) is 4.90 Å². The van der Waals surface area contributed by atoms with Gasteiger partial charge >= 0.3 is 0 Å². The minimum Gasteiger partial charge on any atom is -0.496 e. The number of methoxy groups -OCH3 is 2. The first-order valence-electron chi connectivity index (χ1n) is 4.69. The number of benzene rings is 1. The van der Waals surface area contributed by atoms with Gasteiger partial charge in [0.05, 0.1) is 25.3 Å². The number of amides is 2. The van der Waals surface area contributed by atoms with Crippen molar-refractivity contribution < 1.29 is 19.1 Å². The molecule has 84 valence electrons. The molecular formula is C11H11NO4. The first-order chi connectivity index (χ1) is 7.61. The van der Waals surface area contributed by atoms with E-state index in [2.05, 4.69) is 0 Å². The Morgan fingerprint density at radius 1 is 0.938 bits per heavy atom. The summed E-state index contributed by atoms with van der Waals surface area (Å²) in [5.41, 5.74) is 0.545. The molecule has 0 radical (unpaired) electrons. The minimum atomic E-state index is -0.365. The predicted molar refractivity (Wildman–Crippen MR) is 56.0 cm³/mol. The van der Waals surface area contributed by atoms with E-state index in [-0.39, 0.29) is 22.9 Å². The molecular weight excluding hydrogens is 210 g/mol. The van der Waals surface area contributed by atoms with Crippen LogP contribution in [0.1, 0.15) is 20.7 Å². The van der Waals surface area contributed by atoms with Crippen molar-refractivity contribution in [1.29, 1.82) is 0 Å². The number of ether oxygens (including phenoxy) is 2. The van der Waals surface area contributed by atoms with Crippen LogP contribution in [0.3, 0.4) is 0 Å². The Morgan fingerprint density at radius 3 is 1.62 bits per heavy atom. The molecule has 0 aliphatic carbocycles. The molecule has 0 atom stereocenters. The summed E-state index contributed by atoms with van der Waals surface area (Å²) in [6, 6.07) is 3.23. The predicted octanol–water partition coefficient (Wildman–Crippen LogP) is 0.930. The van der Waals surface area contributed by atoms with E-state index in [1.54, 1.807) is 12.1 Å². The molecule has 0 aromatic heterocycles. The van der Waals surface area contributed by atoms with Crippen molar-refractivity contribution in [1.82, 2.24) is 4.90 Å². The molecule has 0 saturated carbocycles. The molecule has 5 nitrogen and oxygen atoms in total. The molecule has 2 amide bonds. The summed E-state index contributed by atoms with van der Waals surface area (Å²) < 4.78 is 10.1. The molecule has 0 saturated heterocycles. The summed E-state index contributed by atoms with van der Waals surface area (Å²) in [4.78, 5) is 24.7. The second kappa shape index (κ2) is 3.52. The summed E-state index contributed by atoms with van der Waals surface area (Å²) in [6.45, 7) is 0. The third-order valence-electron chi connectivity index (χ3n) is 2.61. The van der Waals surface area contributed by atoms with Gasteiger partial charge in [0.1, 0.15) is 11.5 Å². The van der Waals surface area contributed by atoms with E-state index in [4.69, 9.17) is 9.47 Å². The average Bonchev–Trinajstić information content (AvgIpc) is 2.54. The van der Waals surface area contributed by atoms with Crippen molar-refractivity contribution in [2.24, 2.45) is 0 Å². The molecule has 0 unspecified atom stereocenters. The molecule has 0 bridgehead atoms. The Bertz CT molecular complexity index is 438. The van der Waals surface area contributed by atoms with Crippen molar-refractivity contribution in [3.8, 4) is 11.5 Å². The first kappa shape index (κ1) is 10.5. The number of fused-ring (bicyclic) bond motifs is 1. The highest BCUT2D eigenvalue weighted by Crippen LogP contribution is 2.36. The van der Waals surface area contributed by atoms with Crippen molar-refractivity contribution in [3.05, 3.63) is 23.3 Å². The molecule has 5 heteroatoms. The molecule has 0 spiro atoms. The normalized spacial score (nSPS) is 14.1. The number of carbonyl (C=O) groups excluding carboxylic acids is 2. The lowest BCUT2D eigenvalue weighted by atomic mass is 10.1. The molecule has 1 aromatic rings. The van der Waals surface area contributed by atoms with Gasteiger partial charge in [-0.15, -0.1) is 0 Å². The maximum atomic E-state index is 11.8. The maximum Gasteiger partial charge on any atom is 0.265 e. The SMILES string of the molecule is COc1ccc(OC)c2c1C(=O)N(C)C2=O. The first-order valence-corrected chi connectivity index (χ1v) is 4.69. The number of hydrogen-bond donors (Lipinski definition) is 0. The quantitative estimate of drug-likeness (QED) is 0.697. The van der Waals surface area contributed by atoms with Gasteiger partial charge in [-0.1, -0.05) is 0 Å². The Kier molecular flexibility index (Phi) is 2.30. The molecule has 2 rings (SSSR count). The van der Waals surface area contributed by atoms with Crippen LogP contribution >= 0.6 is 0 Å². The molecule has 1 aliphatic rings. The molecule has 16 heavy (non-hydrogen) atoms. The van der Waals surface area contributed by atoms with Crippen LogP contribution in [0.2, 0.25) is 0 Å². The summed E-state index contributed by atoms with van der Waals surface area (Å²) >= 11 is 0. The third kappa shape index (κ3) is 1.18. The van der Waals surface area contributed by atoms with E-state index < -0.39 is 0 Å². The standard InChI is InChI=1S/C11H11NO4/c1-12-10(13)8-6(15-2)4-5-7(16-3)9(8)11(12)14/h4-5H,1-3H3. The van der Waals surface area contributed by atoms with Crippen LogP contribution in [-0.4, -0.2) is 38.0 Å². The smallest absolute Gasteiger partial charge is 0.265 e. The lowest BCUT2D eigenvalue weighted by Gasteiger charge is -2.07.